The molecule has 0 saturated carbocycles. The monoisotopic (exact) mass is 263 g/mol. The highest BCUT2D eigenvalue weighted by Crippen LogP contribution is 2.15. The average Bonchev–Trinajstić information content (AvgIpc) is 2.37. The highest BCUT2D eigenvalue weighted by molar-refractivity contribution is 5.94. The first-order chi connectivity index (χ1) is 8.91. The Morgan fingerprint density at radius 3 is 2.26 bits per heavy atom. The Morgan fingerprint density at radius 1 is 1.21 bits per heavy atom. The van der Waals surface area contributed by atoms with Gasteiger partial charge in [0.25, 0.3) is 5.91 Å². The fourth-order valence-corrected chi connectivity index (χ4v) is 1.80. The maximum atomic E-state index is 12.1. The molecule has 0 aliphatic carbocycles. The number of hydrogen-bond acceptors (Lipinski definition) is 2. The molecule has 104 valence electrons. The molecule has 0 heterocycles. The number of rotatable bonds is 6. The van der Waals surface area contributed by atoms with Gasteiger partial charge in [-0.15, -0.1) is 0 Å². The molecule has 19 heavy (non-hydrogen) atoms. The van der Waals surface area contributed by atoms with E-state index in [0.29, 0.717) is 24.4 Å². The number of amides is 1. The van der Waals surface area contributed by atoms with Crippen LogP contribution in [0.2, 0.25) is 0 Å². The number of benzene rings is 1. The van der Waals surface area contributed by atoms with Crippen LogP contribution in [0, 0.1) is 0 Å². The lowest BCUT2D eigenvalue weighted by molar-refractivity contribution is -0.137. The highest BCUT2D eigenvalue weighted by Gasteiger charge is 2.12. The van der Waals surface area contributed by atoms with Crippen molar-refractivity contribution in [1.29, 1.82) is 0 Å². The van der Waals surface area contributed by atoms with Crippen LogP contribution in [-0.2, 0) is 4.79 Å². The Bertz CT molecular complexity index is 437. The fourth-order valence-electron chi connectivity index (χ4n) is 1.80. The Balaban J connectivity index is 2.58. The van der Waals surface area contributed by atoms with E-state index >= 15 is 0 Å². The van der Waals surface area contributed by atoms with Gasteiger partial charge >= 0.3 is 5.97 Å². The second kappa shape index (κ2) is 6.92. The van der Waals surface area contributed by atoms with Crippen molar-refractivity contribution in [3.63, 3.8) is 0 Å². The van der Waals surface area contributed by atoms with Gasteiger partial charge in [-0.1, -0.05) is 26.0 Å². The number of carbonyl (C=O) groups is 2. The van der Waals surface area contributed by atoms with Gasteiger partial charge in [0.05, 0.1) is 0 Å². The van der Waals surface area contributed by atoms with Crippen molar-refractivity contribution in [3.8, 4) is 0 Å². The van der Waals surface area contributed by atoms with Gasteiger partial charge < -0.3 is 10.0 Å². The molecule has 0 spiro atoms. The average molecular weight is 263 g/mol. The second-order valence-corrected chi connectivity index (χ2v) is 5.00. The summed E-state index contributed by atoms with van der Waals surface area (Å²) >= 11 is 0. The molecule has 0 unspecified atom stereocenters. The molecule has 0 atom stereocenters. The number of carbonyl (C=O) groups excluding carboxylic acids is 1. The molecule has 0 fully saturated rings. The third-order valence-corrected chi connectivity index (χ3v) is 3.06. The summed E-state index contributed by atoms with van der Waals surface area (Å²) in [6, 6.07) is 7.57. The van der Waals surface area contributed by atoms with Crippen LogP contribution < -0.4 is 0 Å². The van der Waals surface area contributed by atoms with Crippen LogP contribution in [-0.4, -0.2) is 35.5 Å². The van der Waals surface area contributed by atoms with E-state index in [4.69, 9.17) is 5.11 Å². The highest BCUT2D eigenvalue weighted by atomic mass is 16.4. The maximum absolute atomic E-state index is 12.1. The lowest BCUT2D eigenvalue weighted by Crippen LogP contribution is -2.28. The summed E-state index contributed by atoms with van der Waals surface area (Å²) in [4.78, 5) is 24.1. The van der Waals surface area contributed by atoms with Crippen LogP contribution in [0.25, 0.3) is 0 Å². The SMILES string of the molecule is CC(C)c1ccc(C(=O)N(C)CCCC(=O)O)cc1. The van der Waals surface area contributed by atoms with E-state index in [-0.39, 0.29) is 12.3 Å². The van der Waals surface area contributed by atoms with E-state index in [1.165, 1.54) is 5.56 Å². The van der Waals surface area contributed by atoms with Crippen molar-refractivity contribution >= 4 is 11.9 Å². The Hall–Kier alpha value is -1.84. The van der Waals surface area contributed by atoms with Crippen LogP contribution in [0.15, 0.2) is 24.3 Å². The smallest absolute Gasteiger partial charge is 0.303 e. The molecule has 0 bridgehead atoms. The van der Waals surface area contributed by atoms with Crippen LogP contribution in [0.3, 0.4) is 0 Å². The topological polar surface area (TPSA) is 57.6 Å². The molecule has 4 nitrogen and oxygen atoms in total. The molecular formula is C15H21NO3. The molecule has 4 heteroatoms. The molecule has 0 aliphatic heterocycles. The van der Waals surface area contributed by atoms with Crippen molar-refractivity contribution in [2.75, 3.05) is 13.6 Å². The quantitative estimate of drug-likeness (QED) is 0.858. The summed E-state index contributed by atoms with van der Waals surface area (Å²) in [5.41, 5.74) is 1.84. The molecule has 1 rings (SSSR count). The summed E-state index contributed by atoms with van der Waals surface area (Å²) in [5, 5.41) is 8.56. The van der Waals surface area contributed by atoms with Crippen molar-refractivity contribution in [1.82, 2.24) is 4.90 Å². The number of hydrogen-bond donors (Lipinski definition) is 1. The lowest BCUT2D eigenvalue weighted by atomic mass is 10.0. The zero-order valence-corrected chi connectivity index (χ0v) is 11.7. The van der Waals surface area contributed by atoms with Gasteiger partial charge in [0.2, 0.25) is 0 Å². The summed E-state index contributed by atoms with van der Waals surface area (Å²) in [5.74, 6) is -0.458. The Morgan fingerprint density at radius 2 is 1.79 bits per heavy atom. The third kappa shape index (κ3) is 4.73. The van der Waals surface area contributed by atoms with Crippen molar-refractivity contribution < 1.29 is 14.7 Å². The van der Waals surface area contributed by atoms with Gasteiger partial charge in [0.15, 0.2) is 0 Å². The molecule has 0 radical (unpaired) electrons. The zero-order valence-electron chi connectivity index (χ0n) is 11.7. The third-order valence-electron chi connectivity index (χ3n) is 3.06. The normalized spacial score (nSPS) is 10.5. The van der Waals surface area contributed by atoms with E-state index in [1.54, 1.807) is 11.9 Å². The van der Waals surface area contributed by atoms with Gasteiger partial charge in [0.1, 0.15) is 0 Å². The Kier molecular flexibility index (Phi) is 5.55. The second-order valence-electron chi connectivity index (χ2n) is 5.00. The predicted molar refractivity (Wildman–Crippen MR) is 74.4 cm³/mol. The van der Waals surface area contributed by atoms with Crippen LogP contribution in [0.4, 0.5) is 0 Å². The summed E-state index contributed by atoms with van der Waals surface area (Å²) in [7, 11) is 1.69. The van der Waals surface area contributed by atoms with Crippen LogP contribution in [0.5, 0.6) is 0 Å². The first-order valence-corrected chi connectivity index (χ1v) is 6.49. The number of carboxylic acid groups (broad SMARTS) is 1. The largest absolute Gasteiger partial charge is 0.481 e. The van der Waals surface area contributed by atoms with Crippen molar-refractivity contribution in [3.05, 3.63) is 35.4 Å². The van der Waals surface area contributed by atoms with E-state index in [1.807, 2.05) is 24.3 Å². The minimum atomic E-state index is -0.831. The predicted octanol–water partition coefficient (Wildman–Crippen LogP) is 2.75. The van der Waals surface area contributed by atoms with Crippen molar-refractivity contribution in [2.45, 2.75) is 32.6 Å². The van der Waals surface area contributed by atoms with Gasteiger partial charge in [-0.25, -0.2) is 0 Å². The molecule has 0 saturated heterocycles. The minimum Gasteiger partial charge on any atom is -0.481 e. The first-order valence-electron chi connectivity index (χ1n) is 6.49. The molecule has 0 aromatic heterocycles. The number of aliphatic carboxylic acids is 1. The summed E-state index contributed by atoms with van der Waals surface area (Å²) in [6.45, 7) is 4.67. The summed E-state index contributed by atoms with van der Waals surface area (Å²) < 4.78 is 0. The number of nitrogens with zero attached hydrogens (tertiary/aromatic N) is 1. The van der Waals surface area contributed by atoms with E-state index in [9.17, 15) is 9.59 Å². The zero-order chi connectivity index (χ0) is 14.4. The first kappa shape index (κ1) is 15.2. The Labute approximate surface area is 114 Å². The van der Waals surface area contributed by atoms with Crippen LogP contribution >= 0.6 is 0 Å². The molecule has 1 aromatic carbocycles. The molecule has 1 N–H and O–H groups in total. The molecule has 0 aliphatic rings. The standard InChI is InChI=1S/C15H21NO3/c1-11(2)12-6-8-13(9-7-12)15(19)16(3)10-4-5-14(17)18/h6-9,11H,4-5,10H2,1-3H3,(H,17,18). The molecule has 1 aromatic rings. The van der Waals surface area contributed by atoms with E-state index < -0.39 is 5.97 Å². The van der Waals surface area contributed by atoms with Crippen molar-refractivity contribution in [2.24, 2.45) is 0 Å². The maximum Gasteiger partial charge on any atom is 0.303 e. The summed E-state index contributed by atoms with van der Waals surface area (Å²) in [6.07, 6.45) is 0.561. The van der Waals surface area contributed by atoms with Gasteiger partial charge in [-0.3, -0.25) is 9.59 Å². The van der Waals surface area contributed by atoms with Gasteiger partial charge in [-0.2, -0.15) is 0 Å². The van der Waals surface area contributed by atoms with E-state index in [2.05, 4.69) is 13.8 Å². The van der Waals surface area contributed by atoms with Gasteiger partial charge in [-0.05, 0) is 30.0 Å². The fraction of sp³-hybridized carbons (Fsp3) is 0.467. The minimum absolute atomic E-state index is 0.0688. The molecular weight excluding hydrogens is 242 g/mol. The lowest BCUT2D eigenvalue weighted by Gasteiger charge is -2.17. The molecule has 1 amide bonds. The van der Waals surface area contributed by atoms with Crippen LogP contribution in [0.1, 0.15) is 48.5 Å². The van der Waals surface area contributed by atoms with Gasteiger partial charge in [0, 0.05) is 25.6 Å². The van der Waals surface area contributed by atoms with E-state index in [0.717, 1.165) is 0 Å². The number of carboxylic acids is 1.